The van der Waals surface area contributed by atoms with Crippen LogP contribution in [-0.2, 0) is 0 Å². The highest BCUT2D eigenvalue weighted by atomic mass is 16.3. The highest BCUT2D eigenvalue weighted by Gasteiger charge is 2.17. The molecule has 2 nitrogen and oxygen atoms in total. The maximum atomic E-state index is 9.56. The van der Waals surface area contributed by atoms with Crippen molar-refractivity contribution >= 4 is 0 Å². The summed E-state index contributed by atoms with van der Waals surface area (Å²) in [6, 6.07) is 0.684. The minimum Gasteiger partial charge on any atom is -0.393 e. The third-order valence-corrected chi connectivity index (χ3v) is 3.10. The SMILES string of the molecule is CCCC(O)CCCC(C)[N+](C)(C)C. The predicted molar refractivity (Wildman–Crippen MR) is 62.3 cm³/mol. The summed E-state index contributed by atoms with van der Waals surface area (Å²) in [6.45, 7) is 4.41. The van der Waals surface area contributed by atoms with E-state index in [9.17, 15) is 5.11 Å². The molecule has 0 saturated heterocycles. The maximum Gasteiger partial charge on any atom is 0.0855 e. The topological polar surface area (TPSA) is 20.2 Å². The van der Waals surface area contributed by atoms with Crippen molar-refractivity contribution < 1.29 is 9.59 Å². The van der Waals surface area contributed by atoms with Crippen LogP contribution < -0.4 is 0 Å². The molecule has 0 aromatic rings. The molecular formula is C12H28NO+. The molecule has 0 aliphatic rings. The van der Waals surface area contributed by atoms with Gasteiger partial charge in [-0.2, -0.15) is 0 Å². The van der Waals surface area contributed by atoms with E-state index in [0.29, 0.717) is 6.04 Å². The number of aliphatic hydroxyl groups excluding tert-OH is 1. The first kappa shape index (κ1) is 13.9. The Hall–Kier alpha value is -0.0800. The summed E-state index contributed by atoms with van der Waals surface area (Å²) in [5, 5.41) is 9.56. The molecular weight excluding hydrogens is 174 g/mol. The first-order chi connectivity index (χ1) is 6.38. The molecule has 0 radical (unpaired) electrons. The van der Waals surface area contributed by atoms with Gasteiger partial charge in [0.05, 0.1) is 33.3 Å². The van der Waals surface area contributed by atoms with Gasteiger partial charge in [-0.1, -0.05) is 13.3 Å². The molecule has 2 atom stereocenters. The zero-order valence-electron chi connectivity index (χ0n) is 10.6. The highest BCUT2D eigenvalue weighted by Crippen LogP contribution is 2.13. The van der Waals surface area contributed by atoms with Gasteiger partial charge in [0, 0.05) is 0 Å². The monoisotopic (exact) mass is 202 g/mol. The van der Waals surface area contributed by atoms with Crippen molar-refractivity contribution in [1.29, 1.82) is 0 Å². The van der Waals surface area contributed by atoms with Crippen LogP contribution in [-0.4, -0.2) is 42.9 Å². The fourth-order valence-electron chi connectivity index (χ4n) is 1.51. The van der Waals surface area contributed by atoms with Gasteiger partial charge in [-0.05, 0) is 32.6 Å². The standard InChI is InChI=1S/C12H28NO/c1-6-8-12(14)10-7-9-11(2)13(3,4)5/h11-12,14H,6-10H2,1-5H3/q+1. The van der Waals surface area contributed by atoms with Crippen molar-refractivity contribution in [3.63, 3.8) is 0 Å². The van der Waals surface area contributed by atoms with Gasteiger partial charge >= 0.3 is 0 Å². The van der Waals surface area contributed by atoms with Crippen LogP contribution in [0.4, 0.5) is 0 Å². The Morgan fingerprint density at radius 3 is 2.07 bits per heavy atom. The molecule has 0 fully saturated rings. The van der Waals surface area contributed by atoms with Crippen LogP contribution in [0.2, 0.25) is 0 Å². The van der Waals surface area contributed by atoms with E-state index >= 15 is 0 Å². The molecule has 14 heavy (non-hydrogen) atoms. The van der Waals surface area contributed by atoms with Gasteiger partial charge in [-0.3, -0.25) is 0 Å². The van der Waals surface area contributed by atoms with Crippen LogP contribution in [0.1, 0.15) is 46.0 Å². The largest absolute Gasteiger partial charge is 0.393 e. The van der Waals surface area contributed by atoms with Gasteiger partial charge in [-0.25, -0.2) is 0 Å². The molecule has 0 bridgehead atoms. The first-order valence-corrected chi connectivity index (χ1v) is 5.87. The number of nitrogens with zero attached hydrogens (tertiary/aromatic N) is 1. The van der Waals surface area contributed by atoms with Gasteiger partial charge in [-0.15, -0.1) is 0 Å². The Balaban J connectivity index is 3.54. The maximum absolute atomic E-state index is 9.56. The highest BCUT2D eigenvalue weighted by molar-refractivity contribution is 4.57. The van der Waals surface area contributed by atoms with Crippen molar-refractivity contribution in [1.82, 2.24) is 0 Å². The lowest BCUT2D eigenvalue weighted by atomic mass is 10.0. The zero-order chi connectivity index (χ0) is 11.2. The third kappa shape index (κ3) is 6.39. The van der Waals surface area contributed by atoms with Gasteiger partial charge in [0.2, 0.25) is 0 Å². The Morgan fingerprint density at radius 1 is 1.07 bits per heavy atom. The van der Waals surface area contributed by atoms with E-state index in [1.165, 1.54) is 6.42 Å². The van der Waals surface area contributed by atoms with Crippen LogP contribution in [0.5, 0.6) is 0 Å². The van der Waals surface area contributed by atoms with E-state index in [-0.39, 0.29) is 6.10 Å². The van der Waals surface area contributed by atoms with Gasteiger partial charge in [0.25, 0.3) is 0 Å². The summed E-state index contributed by atoms with van der Waals surface area (Å²) in [5.41, 5.74) is 0. The molecule has 0 spiro atoms. The molecule has 0 aromatic heterocycles. The lowest BCUT2D eigenvalue weighted by Crippen LogP contribution is -2.43. The van der Waals surface area contributed by atoms with Crippen molar-refractivity contribution in [3.8, 4) is 0 Å². The summed E-state index contributed by atoms with van der Waals surface area (Å²) in [6.07, 6.45) is 5.31. The van der Waals surface area contributed by atoms with Crippen molar-refractivity contribution in [2.24, 2.45) is 0 Å². The third-order valence-electron chi connectivity index (χ3n) is 3.10. The number of hydrogen-bond acceptors (Lipinski definition) is 1. The minimum absolute atomic E-state index is 0.0698. The van der Waals surface area contributed by atoms with E-state index in [2.05, 4.69) is 35.0 Å². The van der Waals surface area contributed by atoms with E-state index in [1.807, 2.05) is 0 Å². The van der Waals surface area contributed by atoms with E-state index in [0.717, 1.165) is 30.2 Å². The van der Waals surface area contributed by atoms with Crippen molar-refractivity contribution in [2.75, 3.05) is 21.1 Å². The normalized spacial score (nSPS) is 16.7. The van der Waals surface area contributed by atoms with Crippen molar-refractivity contribution in [2.45, 2.75) is 58.1 Å². The van der Waals surface area contributed by atoms with Gasteiger partial charge in [0.1, 0.15) is 0 Å². The average molecular weight is 202 g/mol. The zero-order valence-corrected chi connectivity index (χ0v) is 10.6. The molecule has 0 rings (SSSR count). The molecule has 2 unspecified atom stereocenters. The molecule has 0 aliphatic heterocycles. The van der Waals surface area contributed by atoms with Crippen molar-refractivity contribution in [3.05, 3.63) is 0 Å². The molecule has 1 N–H and O–H groups in total. The molecule has 0 saturated carbocycles. The average Bonchev–Trinajstić information content (AvgIpc) is 2.02. The molecule has 2 heteroatoms. The van der Waals surface area contributed by atoms with E-state index < -0.39 is 0 Å². The summed E-state index contributed by atoms with van der Waals surface area (Å²) in [5.74, 6) is 0. The number of hydrogen-bond donors (Lipinski definition) is 1. The molecule has 86 valence electrons. The first-order valence-electron chi connectivity index (χ1n) is 5.87. The number of aliphatic hydroxyl groups is 1. The van der Waals surface area contributed by atoms with Crippen LogP contribution in [0.15, 0.2) is 0 Å². The molecule has 0 aliphatic carbocycles. The summed E-state index contributed by atoms with van der Waals surface area (Å²) in [4.78, 5) is 0. The second-order valence-corrected chi connectivity index (χ2v) is 5.34. The smallest absolute Gasteiger partial charge is 0.0855 e. The van der Waals surface area contributed by atoms with Crippen LogP contribution in [0.25, 0.3) is 0 Å². The van der Waals surface area contributed by atoms with Gasteiger partial charge in [0.15, 0.2) is 0 Å². The lowest BCUT2D eigenvalue weighted by Gasteiger charge is -2.31. The Labute approximate surface area is 89.5 Å². The molecule has 0 amide bonds. The summed E-state index contributed by atoms with van der Waals surface area (Å²) < 4.78 is 1.02. The Kier molecular flexibility index (Phi) is 6.38. The quantitative estimate of drug-likeness (QED) is 0.629. The van der Waals surface area contributed by atoms with E-state index in [1.54, 1.807) is 0 Å². The van der Waals surface area contributed by atoms with Crippen LogP contribution >= 0.6 is 0 Å². The lowest BCUT2D eigenvalue weighted by molar-refractivity contribution is -0.894. The fourth-order valence-corrected chi connectivity index (χ4v) is 1.51. The molecule has 0 heterocycles. The second-order valence-electron chi connectivity index (χ2n) is 5.34. The minimum atomic E-state index is -0.0698. The van der Waals surface area contributed by atoms with Crippen LogP contribution in [0, 0.1) is 0 Å². The molecule has 0 aromatic carbocycles. The summed E-state index contributed by atoms with van der Waals surface area (Å²) >= 11 is 0. The van der Waals surface area contributed by atoms with E-state index in [4.69, 9.17) is 0 Å². The van der Waals surface area contributed by atoms with Crippen LogP contribution in [0.3, 0.4) is 0 Å². The second kappa shape index (κ2) is 6.41. The Bertz CT molecular complexity index is 140. The number of rotatable bonds is 7. The Morgan fingerprint density at radius 2 is 1.64 bits per heavy atom. The van der Waals surface area contributed by atoms with Gasteiger partial charge < -0.3 is 9.59 Å². The fraction of sp³-hybridized carbons (Fsp3) is 1.00. The predicted octanol–water partition coefficient (Wildman–Crippen LogP) is 2.41. The summed E-state index contributed by atoms with van der Waals surface area (Å²) in [7, 11) is 6.69. The number of quaternary nitrogens is 1.